The summed E-state index contributed by atoms with van der Waals surface area (Å²) in [5.74, 6) is 2.99. The Morgan fingerprint density at radius 1 is 0.489 bits per heavy atom. The minimum absolute atomic E-state index is 0.0350. The van der Waals surface area contributed by atoms with Crippen LogP contribution in [0, 0.1) is 23.2 Å². The van der Waals surface area contributed by atoms with Crippen molar-refractivity contribution in [2.75, 3.05) is 0 Å². The molecule has 4 unspecified atom stereocenters. The van der Waals surface area contributed by atoms with Gasteiger partial charge in [0.2, 0.25) is 6.71 Å². The van der Waals surface area contributed by atoms with Crippen molar-refractivity contribution in [2.45, 2.75) is 54.6 Å². The topological polar surface area (TPSA) is 0 Å². The van der Waals surface area contributed by atoms with Crippen LogP contribution in [0.4, 0.5) is 0 Å². The first-order valence-electron chi connectivity index (χ1n) is 18.0. The van der Waals surface area contributed by atoms with Crippen LogP contribution in [0.2, 0.25) is 0 Å². The van der Waals surface area contributed by atoms with Gasteiger partial charge in [0.05, 0.1) is 0 Å². The summed E-state index contributed by atoms with van der Waals surface area (Å²) in [6, 6.07) is 58.8. The van der Waals surface area contributed by atoms with Gasteiger partial charge in [-0.3, -0.25) is 0 Å². The van der Waals surface area contributed by atoms with Gasteiger partial charge in [0.15, 0.2) is 0 Å². The third-order valence-electron chi connectivity index (χ3n) is 13.2. The van der Waals surface area contributed by atoms with Crippen LogP contribution in [0.15, 0.2) is 152 Å². The molecule has 4 saturated carbocycles. The molecule has 0 spiro atoms. The average Bonchev–Trinajstić information content (AvgIpc) is 3.63. The van der Waals surface area contributed by atoms with Gasteiger partial charge in [-0.2, -0.15) is 0 Å². The zero-order valence-corrected chi connectivity index (χ0v) is 28.1. The van der Waals surface area contributed by atoms with Crippen LogP contribution in [-0.2, 0) is 5.16 Å². The summed E-state index contributed by atoms with van der Waals surface area (Å²) < 4.78 is 0. The zero-order chi connectivity index (χ0) is 31.1. The molecule has 0 N–H and O–H groups in total. The molecule has 230 valence electrons. The van der Waals surface area contributed by atoms with Gasteiger partial charge in [0.25, 0.3) is 0 Å². The van der Waals surface area contributed by atoms with Crippen LogP contribution >= 0.6 is 8.58 Å². The second kappa shape index (κ2) is 10.7. The Hall–Kier alpha value is -3.67. The maximum absolute atomic E-state index is 2.50. The fraction of sp³-hybridized carbons (Fsp3) is 0.289. The molecule has 6 bridgehead atoms. The van der Waals surface area contributed by atoms with E-state index in [4.69, 9.17) is 0 Å². The first kappa shape index (κ1) is 28.4. The van der Waals surface area contributed by atoms with Crippen LogP contribution < -0.4 is 5.46 Å². The molecular weight excluding hydrogens is 582 g/mol. The van der Waals surface area contributed by atoms with Crippen molar-refractivity contribution >= 4 is 31.9 Å². The Morgan fingerprint density at radius 3 is 1.47 bits per heavy atom. The summed E-state index contributed by atoms with van der Waals surface area (Å²) >= 11 is 0. The number of fused-ring (bicyclic) bond motifs is 2. The molecule has 11 rings (SSSR count). The van der Waals surface area contributed by atoms with Crippen LogP contribution in [0.5, 0.6) is 0 Å². The van der Waals surface area contributed by atoms with Gasteiger partial charge >= 0.3 is 0 Å². The van der Waals surface area contributed by atoms with Crippen molar-refractivity contribution in [2.24, 2.45) is 23.2 Å². The van der Waals surface area contributed by atoms with E-state index in [2.05, 4.69) is 152 Å². The summed E-state index contributed by atoms with van der Waals surface area (Å²) in [5.41, 5.74) is 11.0. The second-order valence-electron chi connectivity index (χ2n) is 15.6. The fourth-order valence-electron chi connectivity index (χ4n) is 12.4. The standard InChI is InChI=1S/C45H42BP/c1-6-16-35(17-7-1)40-41(36-18-8-2-9-19-36)45(43-29-32-26-33(30-43)28-34(27-32)31-43)46(39-24-14-5-15-25-39)42(37-20-10-3-11-21-37)44(40,47-45)38-22-12-4-13-23-38/h1-25,32-34,42,47H,26-31H2. The van der Waals surface area contributed by atoms with Crippen molar-refractivity contribution in [3.63, 3.8) is 0 Å². The van der Waals surface area contributed by atoms with E-state index in [-0.39, 0.29) is 10.2 Å². The van der Waals surface area contributed by atoms with Gasteiger partial charge in [-0.1, -0.05) is 163 Å². The Labute approximate surface area is 282 Å². The van der Waals surface area contributed by atoms with Crippen LogP contribution in [-0.4, -0.2) is 11.8 Å². The minimum Gasteiger partial charge on any atom is -0.102 e. The van der Waals surface area contributed by atoms with E-state index in [0.29, 0.717) is 17.9 Å². The third kappa shape index (κ3) is 3.93. The zero-order valence-electron chi connectivity index (χ0n) is 27.1. The van der Waals surface area contributed by atoms with E-state index in [1.807, 2.05) is 0 Å². The summed E-state index contributed by atoms with van der Waals surface area (Å²) in [7, 11) is 0.777. The highest BCUT2D eigenvalue weighted by Gasteiger charge is 2.78. The van der Waals surface area contributed by atoms with E-state index in [0.717, 1.165) is 26.3 Å². The molecule has 1 saturated heterocycles. The number of hydrogen-bond donors (Lipinski definition) is 0. The molecule has 2 heteroatoms. The molecular formula is C45H42BP. The van der Waals surface area contributed by atoms with Crippen LogP contribution in [0.3, 0.4) is 0 Å². The highest BCUT2D eigenvalue weighted by Crippen LogP contribution is 2.86. The Kier molecular flexibility index (Phi) is 6.44. The first-order valence-corrected chi connectivity index (χ1v) is 19.0. The summed E-state index contributed by atoms with van der Waals surface area (Å²) in [4.78, 5) is 0. The molecule has 4 atom stereocenters. The Bertz CT molecular complexity index is 1900. The van der Waals surface area contributed by atoms with Crippen molar-refractivity contribution in [3.05, 3.63) is 174 Å². The highest BCUT2D eigenvalue weighted by molar-refractivity contribution is 7.51. The summed E-state index contributed by atoms with van der Waals surface area (Å²) in [6.07, 6.45) is 8.61. The smallest absolute Gasteiger partial charge is 0.102 e. The summed E-state index contributed by atoms with van der Waals surface area (Å²) in [5, 5.41) is -0.105. The van der Waals surface area contributed by atoms with Gasteiger partial charge in [-0.25, -0.2) is 0 Å². The average molecular weight is 625 g/mol. The lowest BCUT2D eigenvalue weighted by Crippen LogP contribution is -2.66. The van der Waals surface area contributed by atoms with Gasteiger partial charge in [0, 0.05) is 10.2 Å². The molecule has 4 aliphatic carbocycles. The summed E-state index contributed by atoms with van der Waals surface area (Å²) in [6.45, 7) is 0.392. The van der Waals surface area contributed by atoms with E-state index >= 15 is 0 Å². The Morgan fingerprint density at radius 2 is 0.936 bits per heavy atom. The molecule has 0 radical (unpaired) electrons. The minimum atomic E-state index is -0.140. The lowest BCUT2D eigenvalue weighted by atomic mass is 9.19. The van der Waals surface area contributed by atoms with Gasteiger partial charge in [-0.15, -0.1) is 8.58 Å². The molecule has 0 aromatic heterocycles. The molecule has 0 amide bonds. The van der Waals surface area contributed by atoms with Crippen molar-refractivity contribution in [1.82, 2.24) is 0 Å². The van der Waals surface area contributed by atoms with Gasteiger partial charge in [0.1, 0.15) is 0 Å². The van der Waals surface area contributed by atoms with Crippen molar-refractivity contribution < 1.29 is 0 Å². The fourth-order valence-corrected chi connectivity index (χ4v) is 15.6. The molecule has 2 aliphatic heterocycles. The second-order valence-corrected chi connectivity index (χ2v) is 17.4. The van der Waals surface area contributed by atoms with E-state index in [9.17, 15) is 0 Å². The molecule has 47 heavy (non-hydrogen) atoms. The lowest BCUT2D eigenvalue weighted by Gasteiger charge is -2.65. The van der Waals surface area contributed by atoms with Crippen molar-refractivity contribution in [3.8, 4) is 0 Å². The first-order chi connectivity index (χ1) is 23.2. The predicted octanol–water partition coefficient (Wildman–Crippen LogP) is 10.4. The third-order valence-corrected chi connectivity index (χ3v) is 16.0. The monoisotopic (exact) mass is 624 g/mol. The number of allylic oxidation sites excluding steroid dienone is 2. The SMILES string of the molecule is c1ccc(B2C(c3ccccc3)C3(c4ccccc4)PC2(C24CC5CC(CC(C5)C2)C4)C(c2ccccc2)=C3c2ccccc2)cc1. The predicted molar refractivity (Wildman–Crippen MR) is 200 cm³/mol. The van der Waals surface area contributed by atoms with E-state index < -0.39 is 0 Å². The number of rotatable bonds is 6. The number of benzene rings is 5. The molecule has 2 heterocycles. The molecule has 0 nitrogen and oxygen atoms in total. The maximum Gasteiger partial charge on any atom is 0.201 e. The quantitative estimate of drug-likeness (QED) is 0.130. The number of hydrogen-bond acceptors (Lipinski definition) is 0. The maximum atomic E-state index is 2.50. The Balaban J connectivity index is 1.40. The highest BCUT2D eigenvalue weighted by atomic mass is 31.1. The normalized spacial score (nSPS) is 34.0. The van der Waals surface area contributed by atoms with Crippen LogP contribution in [0.25, 0.3) is 11.1 Å². The van der Waals surface area contributed by atoms with Crippen molar-refractivity contribution in [1.29, 1.82) is 0 Å². The van der Waals surface area contributed by atoms with Gasteiger partial charge < -0.3 is 0 Å². The lowest BCUT2D eigenvalue weighted by molar-refractivity contribution is -0.0535. The van der Waals surface area contributed by atoms with E-state index in [1.165, 1.54) is 60.8 Å². The van der Waals surface area contributed by atoms with Crippen LogP contribution in [0.1, 0.15) is 66.6 Å². The molecule has 5 aromatic rings. The largest absolute Gasteiger partial charge is 0.201 e. The van der Waals surface area contributed by atoms with E-state index in [1.54, 1.807) is 16.6 Å². The molecule has 6 aliphatic rings. The van der Waals surface area contributed by atoms with Gasteiger partial charge in [-0.05, 0) is 95.3 Å². The molecule has 5 fully saturated rings. The molecule has 5 aromatic carbocycles.